The Morgan fingerprint density at radius 2 is 1.95 bits per heavy atom. The number of benzene rings is 2. The Morgan fingerprint density at radius 1 is 1.18 bits per heavy atom. The normalized spacial score (nSPS) is 10.6. The summed E-state index contributed by atoms with van der Waals surface area (Å²) in [5, 5.41) is 3.17. The highest BCUT2D eigenvalue weighted by Gasteiger charge is 2.08. The third-order valence-corrected chi connectivity index (χ3v) is 3.27. The Kier molecular flexibility index (Phi) is 3.65. The van der Waals surface area contributed by atoms with Crippen LogP contribution in [-0.4, -0.2) is 15.9 Å². The minimum absolute atomic E-state index is 0.247. The lowest BCUT2D eigenvalue weighted by molar-refractivity contribution is 0.0951. The number of rotatable bonds is 3. The lowest BCUT2D eigenvalue weighted by atomic mass is 10.1. The van der Waals surface area contributed by atoms with Crippen LogP contribution in [0, 0.1) is 5.82 Å². The minimum Gasteiger partial charge on any atom is -0.348 e. The van der Waals surface area contributed by atoms with Gasteiger partial charge in [-0.2, -0.15) is 0 Å². The average Bonchev–Trinajstić information content (AvgIpc) is 2.54. The van der Waals surface area contributed by atoms with E-state index in [1.54, 1.807) is 30.3 Å². The zero-order chi connectivity index (χ0) is 15.5. The zero-order valence-electron chi connectivity index (χ0n) is 11.5. The van der Waals surface area contributed by atoms with Gasteiger partial charge in [0.15, 0.2) is 0 Å². The molecule has 0 spiro atoms. The SMILES string of the molecule is O=C(NCc1ccc(F)cc1)c1ccc2c(=O)[nH]cnc2c1. The summed E-state index contributed by atoms with van der Waals surface area (Å²) in [6, 6.07) is 10.6. The molecule has 1 aromatic heterocycles. The van der Waals surface area contributed by atoms with Crippen LogP contribution in [0.4, 0.5) is 4.39 Å². The maximum absolute atomic E-state index is 12.8. The zero-order valence-corrected chi connectivity index (χ0v) is 11.5. The molecule has 0 unspecified atom stereocenters. The molecule has 22 heavy (non-hydrogen) atoms. The van der Waals surface area contributed by atoms with Crippen molar-refractivity contribution in [2.45, 2.75) is 6.54 Å². The Morgan fingerprint density at radius 3 is 2.73 bits per heavy atom. The predicted octanol–water partition coefficient (Wildman–Crippen LogP) is 1.99. The van der Waals surface area contributed by atoms with Crippen molar-refractivity contribution in [1.82, 2.24) is 15.3 Å². The quantitative estimate of drug-likeness (QED) is 0.776. The number of H-pyrrole nitrogens is 1. The summed E-state index contributed by atoms with van der Waals surface area (Å²) in [6.07, 6.45) is 1.30. The van der Waals surface area contributed by atoms with Gasteiger partial charge in [0.1, 0.15) is 5.82 Å². The standard InChI is InChI=1S/C16H12FN3O2/c17-12-4-1-10(2-5-12)8-18-15(21)11-3-6-13-14(7-11)19-9-20-16(13)22/h1-7,9H,8H2,(H,18,21)(H,19,20,22). The molecule has 1 amide bonds. The highest BCUT2D eigenvalue weighted by molar-refractivity contribution is 5.97. The van der Waals surface area contributed by atoms with Crippen LogP contribution in [0.3, 0.4) is 0 Å². The maximum atomic E-state index is 12.8. The van der Waals surface area contributed by atoms with E-state index in [-0.39, 0.29) is 17.3 Å². The van der Waals surface area contributed by atoms with Crippen molar-refractivity contribution in [3.05, 3.63) is 76.1 Å². The van der Waals surface area contributed by atoms with Gasteiger partial charge in [0.2, 0.25) is 0 Å². The van der Waals surface area contributed by atoms with Crippen molar-refractivity contribution in [3.8, 4) is 0 Å². The van der Waals surface area contributed by atoms with Crippen LogP contribution in [0.1, 0.15) is 15.9 Å². The molecule has 1 heterocycles. The molecule has 2 N–H and O–H groups in total. The van der Waals surface area contributed by atoms with Gasteiger partial charge in [-0.05, 0) is 35.9 Å². The second-order valence-electron chi connectivity index (χ2n) is 4.77. The van der Waals surface area contributed by atoms with E-state index in [0.29, 0.717) is 23.0 Å². The molecule has 3 rings (SSSR count). The van der Waals surface area contributed by atoms with E-state index in [9.17, 15) is 14.0 Å². The summed E-state index contributed by atoms with van der Waals surface area (Å²) in [5.41, 5.74) is 1.42. The summed E-state index contributed by atoms with van der Waals surface area (Å²) in [6.45, 7) is 0.292. The number of aromatic amines is 1. The van der Waals surface area contributed by atoms with Crippen LogP contribution in [0.25, 0.3) is 10.9 Å². The first-order chi connectivity index (χ1) is 10.6. The van der Waals surface area contributed by atoms with E-state index < -0.39 is 0 Å². The molecule has 3 aromatic rings. The second kappa shape index (κ2) is 5.77. The third-order valence-electron chi connectivity index (χ3n) is 3.27. The fraction of sp³-hybridized carbons (Fsp3) is 0.0625. The van der Waals surface area contributed by atoms with Crippen molar-refractivity contribution >= 4 is 16.8 Å². The van der Waals surface area contributed by atoms with Crippen LogP contribution in [-0.2, 0) is 6.54 Å². The van der Waals surface area contributed by atoms with Gasteiger partial charge in [0.25, 0.3) is 11.5 Å². The van der Waals surface area contributed by atoms with Gasteiger partial charge in [-0.15, -0.1) is 0 Å². The van der Waals surface area contributed by atoms with Crippen molar-refractivity contribution in [1.29, 1.82) is 0 Å². The first-order valence-corrected chi connectivity index (χ1v) is 6.63. The van der Waals surface area contributed by atoms with Crippen molar-refractivity contribution < 1.29 is 9.18 Å². The largest absolute Gasteiger partial charge is 0.348 e. The number of nitrogens with one attached hydrogen (secondary N) is 2. The second-order valence-corrected chi connectivity index (χ2v) is 4.77. The van der Waals surface area contributed by atoms with E-state index in [4.69, 9.17) is 0 Å². The average molecular weight is 297 g/mol. The topological polar surface area (TPSA) is 74.8 Å². The van der Waals surface area contributed by atoms with E-state index in [2.05, 4.69) is 15.3 Å². The number of fused-ring (bicyclic) bond motifs is 1. The van der Waals surface area contributed by atoms with Crippen molar-refractivity contribution in [2.24, 2.45) is 0 Å². The molecule has 5 nitrogen and oxygen atoms in total. The van der Waals surface area contributed by atoms with E-state index in [1.165, 1.54) is 18.5 Å². The molecule has 6 heteroatoms. The molecule has 0 saturated carbocycles. The number of hydrogen-bond donors (Lipinski definition) is 2. The monoisotopic (exact) mass is 297 g/mol. The van der Waals surface area contributed by atoms with Crippen LogP contribution in [0.15, 0.2) is 53.6 Å². The summed E-state index contributed by atoms with van der Waals surface area (Å²) in [7, 11) is 0. The van der Waals surface area contributed by atoms with Crippen LogP contribution in [0.2, 0.25) is 0 Å². The van der Waals surface area contributed by atoms with Gasteiger partial charge in [0, 0.05) is 12.1 Å². The van der Waals surface area contributed by atoms with Gasteiger partial charge in [-0.1, -0.05) is 12.1 Å². The van der Waals surface area contributed by atoms with Gasteiger partial charge < -0.3 is 10.3 Å². The fourth-order valence-corrected chi connectivity index (χ4v) is 2.10. The number of amides is 1. The Labute approximate surface area is 124 Å². The highest BCUT2D eigenvalue weighted by Crippen LogP contribution is 2.10. The first kappa shape index (κ1) is 13.9. The predicted molar refractivity (Wildman–Crippen MR) is 79.9 cm³/mol. The van der Waals surface area contributed by atoms with Crippen molar-refractivity contribution in [3.63, 3.8) is 0 Å². The fourth-order valence-electron chi connectivity index (χ4n) is 2.10. The van der Waals surface area contributed by atoms with Gasteiger partial charge in [-0.25, -0.2) is 9.37 Å². The van der Waals surface area contributed by atoms with E-state index >= 15 is 0 Å². The van der Waals surface area contributed by atoms with E-state index in [1.807, 2.05) is 0 Å². The summed E-state index contributed by atoms with van der Waals surface area (Å²) < 4.78 is 12.8. The van der Waals surface area contributed by atoms with Gasteiger partial charge in [0.05, 0.1) is 17.2 Å². The first-order valence-electron chi connectivity index (χ1n) is 6.63. The molecule has 0 atom stereocenters. The number of carbonyl (C=O) groups excluding carboxylic acids is 1. The molecule has 0 saturated heterocycles. The van der Waals surface area contributed by atoms with Crippen LogP contribution < -0.4 is 10.9 Å². The minimum atomic E-state index is -0.319. The van der Waals surface area contributed by atoms with Crippen LogP contribution >= 0.6 is 0 Å². The molecular formula is C16H12FN3O2. The number of carbonyl (C=O) groups is 1. The number of nitrogens with zero attached hydrogens (tertiary/aromatic N) is 1. The molecule has 0 aliphatic heterocycles. The van der Waals surface area contributed by atoms with Gasteiger partial charge in [-0.3, -0.25) is 9.59 Å². The number of halogens is 1. The maximum Gasteiger partial charge on any atom is 0.258 e. The molecule has 0 radical (unpaired) electrons. The Bertz CT molecular complexity index is 888. The summed E-state index contributed by atoms with van der Waals surface area (Å²) >= 11 is 0. The molecule has 0 aliphatic carbocycles. The Hall–Kier alpha value is -3.02. The molecule has 0 bridgehead atoms. The number of aromatic nitrogens is 2. The van der Waals surface area contributed by atoms with Crippen molar-refractivity contribution in [2.75, 3.05) is 0 Å². The molecule has 110 valence electrons. The summed E-state index contributed by atoms with van der Waals surface area (Å²) in [4.78, 5) is 30.2. The molecule has 2 aromatic carbocycles. The lowest BCUT2D eigenvalue weighted by Crippen LogP contribution is -2.23. The third kappa shape index (κ3) is 2.85. The lowest BCUT2D eigenvalue weighted by Gasteiger charge is -2.06. The Balaban J connectivity index is 1.77. The molecule has 0 aliphatic rings. The van der Waals surface area contributed by atoms with Gasteiger partial charge >= 0.3 is 0 Å². The molecular weight excluding hydrogens is 285 g/mol. The number of hydrogen-bond acceptors (Lipinski definition) is 3. The van der Waals surface area contributed by atoms with E-state index in [0.717, 1.165) is 5.56 Å². The summed E-state index contributed by atoms with van der Waals surface area (Å²) in [5.74, 6) is -0.603. The highest BCUT2D eigenvalue weighted by atomic mass is 19.1. The smallest absolute Gasteiger partial charge is 0.258 e. The molecule has 0 fully saturated rings. The van der Waals surface area contributed by atoms with Crippen LogP contribution in [0.5, 0.6) is 0 Å².